The highest BCUT2D eigenvalue weighted by atomic mass is 35.5. The van der Waals surface area contributed by atoms with Gasteiger partial charge in [-0.2, -0.15) is 0 Å². The van der Waals surface area contributed by atoms with Gasteiger partial charge < -0.3 is 10.2 Å². The number of likely N-dealkylation sites (tertiary alicyclic amines) is 1. The smallest absolute Gasteiger partial charge is 0.274 e. The molecule has 0 spiro atoms. The van der Waals surface area contributed by atoms with Crippen molar-refractivity contribution in [1.82, 2.24) is 24.6 Å². The van der Waals surface area contributed by atoms with Crippen molar-refractivity contribution in [3.8, 4) is 10.4 Å². The molecular weight excluding hydrogens is 466 g/mol. The number of aryl methyl sites for hydroxylation is 2. The van der Waals surface area contributed by atoms with Crippen molar-refractivity contribution in [2.75, 3.05) is 13.1 Å². The molecule has 5 rings (SSSR count). The molecule has 1 atom stereocenters. The third kappa shape index (κ3) is 3.70. The zero-order valence-corrected chi connectivity index (χ0v) is 19.9. The SMILES string of the molecule is Cc1cccc(-c2sc(C)nc2C(=O)N2CC[C@@H]2CNC(=O)c2c(Cl)nc3sccn23)c1. The Kier molecular flexibility index (Phi) is 5.48. The molecule has 1 aliphatic heterocycles. The summed E-state index contributed by atoms with van der Waals surface area (Å²) in [7, 11) is 0. The van der Waals surface area contributed by atoms with E-state index >= 15 is 0 Å². The Hall–Kier alpha value is -2.75. The second kappa shape index (κ2) is 8.31. The van der Waals surface area contributed by atoms with Crippen LogP contribution in [0.3, 0.4) is 0 Å². The number of carbonyl (C=O) groups excluding carboxylic acids is 2. The molecule has 164 valence electrons. The number of nitrogens with zero attached hydrogens (tertiary/aromatic N) is 4. The van der Waals surface area contributed by atoms with E-state index in [1.165, 1.54) is 22.7 Å². The largest absolute Gasteiger partial charge is 0.349 e. The maximum absolute atomic E-state index is 13.3. The minimum absolute atomic E-state index is 0.0801. The molecule has 3 aromatic heterocycles. The van der Waals surface area contributed by atoms with Crippen LogP contribution in [0, 0.1) is 13.8 Å². The fourth-order valence-electron chi connectivity index (χ4n) is 3.87. The Morgan fingerprint density at radius 2 is 2.12 bits per heavy atom. The number of benzene rings is 1. The summed E-state index contributed by atoms with van der Waals surface area (Å²) >= 11 is 9.10. The summed E-state index contributed by atoms with van der Waals surface area (Å²) in [4.78, 5) is 38.1. The van der Waals surface area contributed by atoms with Crippen molar-refractivity contribution in [3.63, 3.8) is 0 Å². The van der Waals surface area contributed by atoms with Crippen LogP contribution in [0.2, 0.25) is 5.15 Å². The van der Waals surface area contributed by atoms with Crippen LogP contribution in [-0.2, 0) is 0 Å². The van der Waals surface area contributed by atoms with Gasteiger partial charge in [-0.05, 0) is 25.8 Å². The monoisotopic (exact) mass is 485 g/mol. The van der Waals surface area contributed by atoms with Gasteiger partial charge in [0.15, 0.2) is 15.8 Å². The molecule has 0 saturated carbocycles. The van der Waals surface area contributed by atoms with Gasteiger partial charge in [0.05, 0.1) is 15.9 Å². The molecule has 1 fully saturated rings. The molecule has 0 aliphatic carbocycles. The molecule has 10 heteroatoms. The molecular formula is C22H20ClN5O2S2. The lowest BCUT2D eigenvalue weighted by molar-refractivity contribution is 0.0451. The maximum atomic E-state index is 13.3. The van der Waals surface area contributed by atoms with Crippen molar-refractivity contribution >= 4 is 51.0 Å². The Bertz CT molecular complexity index is 1340. The number of imidazole rings is 1. The molecule has 0 bridgehead atoms. The molecule has 32 heavy (non-hydrogen) atoms. The zero-order chi connectivity index (χ0) is 22.4. The molecule has 0 unspecified atom stereocenters. The molecule has 1 saturated heterocycles. The van der Waals surface area contributed by atoms with Gasteiger partial charge >= 0.3 is 0 Å². The molecule has 1 aliphatic rings. The lowest BCUT2D eigenvalue weighted by Crippen LogP contribution is -2.56. The molecule has 4 aromatic rings. The minimum Gasteiger partial charge on any atom is -0.349 e. The highest BCUT2D eigenvalue weighted by Crippen LogP contribution is 2.33. The highest BCUT2D eigenvalue weighted by molar-refractivity contribution is 7.15. The highest BCUT2D eigenvalue weighted by Gasteiger charge is 2.35. The van der Waals surface area contributed by atoms with Crippen LogP contribution in [0.25, 0.3) is 15.4 Å². The average Bonchev–Trinajstić information content (AvgIpc) is 3.41. The van der Waals surface area contributed by atoms with E-state index in [0.29, 0.717) is 29.4 Å². The van der Waals surface area contributed by atoms with Crippen LogP contribution < -0.4 is 5.32 Å². The second-order valence-electron chi connectivity index (χ2n) is 7.74. The number of amides is 2. The number of aromatic nitrogens is 3. The topological polar surface area (TPSA) is 79.6 Å². The fourth-order valence-corrected chi connectivity index (χ4v) is 5.79. The minimum atomic E-state index is -0.301. The van der Waals surface area contributed by atoms with Gasteiger partial charge in [-0.1, -0.05) is 41.4 Å². The number of nitrogens with one attached hydrogen (secondary N) is 1. The van der Waals surface area contributed by atoms with Gasteiger partial charge in [0, 0.05) is 24.7 Å². The number of hydrogen-bond donors (Lipinski definition) is 1. The van der Waals surface area contributed by atoms with Crippen LogP contribution in [-0.4, -0.2) is 50.2 Å². The van der Waals surface area contributed by atoms with Crippen molar-refractivity contribution in [2.24, 2.45) is 0 Å². The van der Waals surface area contributed by atoms with E-state index in [1.54, 1.807) is 15.5 Å². The Balaban J connectivity index is 1.31. The summed E-state index contributed by atoms with van der Waals surface area (Å²) in [5.74, 6) is -0.399. The molecule has 1 N–H and O–H groups in total. The lowest BCUT2D eigenvalue weighted by atomic mass is 10.0. The Morgan fingerprint density at radius 1 is 1.28 bits per heavy atom. The summed E-state index contributed by atoms with van der Waals surface area (Å²) in [5.41, 5.74) is 2.93. The number of rotatable bonds is 5. The normalized spacial score (nSPS) is 15.7. The van der Waals surface area contributed by atoms with Crippen molar-refractivity contribution in [1.29, 1.82) is 0 Å². The van der Waals surface area contributed by atoms with E-state index in [9.17, 15) is 9.59 Å². The van der Waals surface area contributed by atoms with Crippen LogP contribution in [0.4, 0.5) is 0 Å². The summed E-state index contributed by atoms with van der Waals surface area (Å²) in [5, 5.41) is 5.79. The first-order chi connectivity index (χ1) is 15.4. The van der Waals surface area contributed by atoms with Gasteiger partial charge in [-0.3, -0.25) is 14.0 Å². The number of carbonyl (C=O) groups is 2. The third-order valence-corrected chi connectivity index (χ3v) is 7.59. The Labute approximate surface area is 197 Å². The predicted octanol–water partition coefficient (Wildman–Crippen LogP) is 4.43. The summed E-state index contributed by atoms with van der Waals surface area (Å²) in [6, 6.07) is 8.01. The number of fused-ring (bicyclic) bond motifs is 1. The van der Waals surface area contributed by atoms with Crippen molar-refractivity contribution in [2.45, 2.75) is 26.3 Å². The van der Waals surface area contributed by atoms with Crippen molar-refractivity contribution < 1.29 is 9.59 Å². The molecule has 0 radical (unpaired) electrons. The first-order valence-electron chi connectivity index (χ1n) is 10.2. The predicted molar refractivity (Wildman–Crippen MR) is 127 cm³/mol. The molecule has 7 nitrogen and oxygen atoms in total. The van der Waals surface area contributed by atoms with Gasteiger partial charge in [0.1, 0.15) is 5.69 Å². The van der Waals surface area contributed by atoms with E-state index in [-0.39, 0.29) is 23.0 Å². The standard InChI is InChI=1S/C22H20ClN5O2S2/c1-12-4-3-5-14(10-12)18-16(25-13(2)32-18)21(30)27-7-6-15(27)11-24-20(29)17-19(23)26-22-28(17)8-9-31-22/h3-5,8-10,15H,6-7,11H2,1-2H3,(H,24,29)/t15-/m1/s1. The molecule has 1 aromatic carbocycles. The number of thiazole rings is 2. The lowest BCUT2D eigenvalue weighted by Gasteiger charge is -2.40. The first-order valence-corrected chi connectivity index (χ1v) is 12.2. The molecule has 4 heterocycles. The first kappa shape index (κ1) is 21.1. The number of halogens is 1. The van der Waals surface area contributed by atoms with E-state index in [4.69, 9.17) is 11.6 Å². The van der Waals surface area contributed by atoms with E-state index in [0.717, 1.165) is 27.4 Å². The summed E-state index contributed by atoms with van der Waals surface area (Å²) in [6.45, 7) is 4.94. The van der Waals surface area contributed by atoms with Crippen LogP contribution in [0.1, 0.15) is 38.0 Å². The van der Waals surface area contributed by atoms with Crippen LogP contribution >= 0.6 is 34.3 Å². The van der Waals surface area contributed by atoms with E-state index in [2.05, 4.69) is 21.4 Å². The quantitative estimate of drug-likeness (QED) is 0.453. The summed E-state index contributed by atoms with van der Waals surface area (Å²) < 4.78 is 1.68. The third-order valence-electron chi connectivity index (χ3n) is 5.55. The van der Waals surface area contributed by atoms with Gasteiger partial charge in [-0.15, -0.1) is 22.7 Å². The maximum Gasteiger partial charge on any atom is 0.274 e. The van der Waals surface area contributed by atoms with Crippen LogP contribution in [0.5, 0.6) is 0 Å². The zero-order valence-electron chi connectivity index (χ0n) is 17.5. The van der Waals surface area contributed by atoms with Gasteiger partial charge in [0.25, 0.3) is 11.8 Å². The summed E-state index contributed by atoms with van der Waals surface area (Å²) in [6.07, 6.45) is 2.59. The Morgan fingerprint density at radius 3 is 2.88 bits per heavy atom. The fraction of sp³-hybridized carbons (Fsp3) is 0.273. The van der Waals surface area contributed by atoms with E-state index < -0.39 is 0 Å². The van der Waals surface area contributed by atoms with E-state index in [1.807, 2.05) is 37.4 Å². The van der Waals surface area contributed by atoms with Crippen LogP contribution in [0.15, 0.2) is 35.8 Å². The van der Waals surface area contributed by atoms with Gasteiger partial charge in [0.2, 0.25) is 0 Å². The number of hydrogen-bond acceptors (Lipinski definition) is 6. The molecule has 2 amide bonds. The van der Waals surface area contributed by atoms with Crippen molar-refractivity contribution in [3.05, 3.63) is 63.0 Å². The second-order valence-corrected chi connectivity index (χ2v) is 10.2. The average molecular weight is 486 g/mol. The van der Waals surface area contributed by atoms with Gasteiger partial charge in [-0.25, -0.2) is 9.97 Å².